The molecule has 0 aliphatic carbocycles. The molecule has 1 aliphatic rings. The topological polar surface area (TPSA) is 70.6 Å². The average Bonchev–Trinajstić information content (AvgIpc) is 3.15. The number of rotatable bonds is 3. The van der Waals surface area contributed by atoms with Crippen LogP contribution in [0.3, 0.4) is 0 Å². The minimum atomic E-state index is -3.45. The van der Waals surface area contributed by atoms with Gasteiger partial charge in [0.25, 0.3) is 15.9 Å². The van der Waals surface area contributed by atoms with E-state index in [9.17, 15) is 13.2 Å². The Hall–Kier alpha value is -1.29. The normalized spacial score (nSPS) is 16.7. The van der Waals surface area contributed by atoms with Crippen LogP contribution in [0.15, 0.2) is 21.7 Å². The number of nitrogens with zero attached hydrogens (tertiary/aromatic N) is 3. The Kier molecular flexibility index (Phi) is 4.54. The van der Waals surface area contributed by atoms with Crippen molar-refractivity contribution in [3.05, 3.63) is 33.1 Å². The molecule has 6 nitrogen and oxygen atoms in total. The Bertz CT molecular complexity index is 817. The fourth-order valence-electron chi connectivity index (χ4n) is 2.43. The standard InChI is InChI=1S/C14H17N3O3S3/c1-10-3-4-13(22-10)23(19,20)17-7-5-16(6-8-17)14(18)12-9-21-11(2)15-12/h3-4,9H,5-8H2,1-2H3. The van der Waals surface area contributed by atoms with Gasteiger partial charge in [-0.1, -0.05) is 0 Å². The number of aromatic nitrogens is 1. The van der Waals surface area contributed by atoms with Crippen LogP contribution in [-0.4, -0.2) is 54.7 Å². The van der Waals surface area contributed by atoms with Gasteiger partial charge in [-0.3, -0.25) is 4.79 Å². The Morgan fingerprint density at radius 3 is 2.39 bits per heavy atom. The fourth-order valence-corrected chi connectivity index (χ4v) is 5.88. The first kappa shape index (κ1) is 16.6. The summed E-state index contributed by atoms with van der Waals surface area (Å²) in [6, 6.07) is 3.45. The molecule has 3 rings (SSSR count). The first-order valence-corrected chi connectivity index (χ1v) is 10.3. The van der Waals surface area contributed by atoms with E-state index in [-0.39, 0.29) is 5.91 Å². The summed E-state index contributed by atoms with van der Waals surface area (Å²) in [5.74, 6) is -0.127. The van der Waals surface area contributed by atoms with Crippen LogP contribution in [0.5, 0.6) is 0 Å². The molecule has 1 aliphatic heterocycles. The van der Waals surface area contributed by atoms with Crippen molar-refractivity contribution in [2.24, 2.45) is 0 Å². The van der Waals surface area contributed by atoms with Crippen LogP contribution in [0.2, 0.25) is 0 Å². The van der Waals surface area contributed by atoms with E-state index in [1.165, 1.54) is 27.0 Å². The predicted molar refractivity (Wildman–Crippen MR) is 90.6 cm³/mol. The zero-order valence-electron chi connectivity index (χ0n) is 12.9. The number of hydrogen-bond acceptors (Lipinski definition) is 6. The Balaban J connectivity index is 1.67. The highest BCUT2D eigenvalue weighted by atomic mass is 32.2. The van der Waals surface area contributed by atoms with E-state index in [4.69, 9.17) is 0 Å². The maximum atomic E-state index is 12.6. The molecule has 1 amide bonds. The monoisotopic (exact) mass is 371 g/mol. The maximum Gasteiger partial charge on any atom is 0.273 e. The molecule has 0 aromatic carbocycles. The third-order valence-corrected chi connectivity index (χ3v) is 7.81. The maximum absolute atomic E-state index is 12.6. The summed E-state index contributed by atoms with van der Waals surface area (Å²) in [7, 11) is -3.45. The molecule has 0 saturated carbocycles. The molecular weight excluding hydrogens is 354 g/mol. The second-order valence-corrected chi connectivity index (χ2v) is 9.83. The smallest absolute Gasteiger partial charge is 0.273 e. The Morgan fingerprint density at radius 2 is 1.87 bits per heavy atom. The van der Waals surface area contributed by atoms with E-state index < -0.39 is 10.0 Å². The van der Waals surface area contributed by atoms with Gasteiger partial charge in [-0.25, -0.2) is 13.4 Å². The third-order valence-electron chi connectivity index (χ3n) is 3.67. The highest BCUT2D eigenvalue weighted by Crippen LogP contribution is 2.25. The lowest BCUT2D eigenvalue weighted by Gasteiger charge is -2.33. The number of aryl methyl sites for hydroxylation is 2. The number of hydrogen-bond donors (Lipinski definition) is 0. The average molecular weight is 372 g/mol. The van der Waals surface area contributed by atoms with Crippen molar-refractivity contribution in [2.75, 3.05) is 26.2 Å². The van der Waals surface area contributed by atoms with Crippen LogP contribution in [-0.2, 0) is 10.0 Å². The zero-order chi connectivity index (χ0) is 16.6. The molecule has 2 aromatic heterocycles. The molecule has 0 radical (unpaired) electrons. The second kappa shape index (κ2) is 6.31. The summed E-state index contributed by atoms with van der Waals surface area (Å²) in [6.45, 7) is 5.14. The molecule has 1 saturated heterocycles. The minimum absolute atomic E-state index is 0.127. The van der Waals surface area contributed by atoms with Crippen LogP contribution in [0, 0.1) is 13.8 Å². The molecule has 124 valence electrons. The number of sulfonamides is 1. The molecule has 9 heteroatoms. The van der Waals surface area contributed by atoms with Crippen LogP contribution < -0.4 is 0 Å². The van der Waals surface area contributed by atoms with Gasteiger partial charge in [0.15, 0.2) is 0 Å². The van der Waals surface area contributed by atoms with Crippen molar-refractivity contribution < 1.29 is 13.2 Å². The summed E-state index contributed by atoms with van der Waals surface area (Å²) in [6.07, 6.45) is 0. The van der Waals surface area contributed by atoms with Gasteiger partial charge in [0, 0.05) is 36.4 Å². The summed E-state index contributed by atoms with van der Waals surface area (Å²) in [5.41, 5.74) is 0.442. The number of thiazole rings is 1. The quantitative estimate of drug-likeness (QED) is 0.827. The van der Waals surface area contributed by atoms with E-state index >= 15 is 0 Å². The van der Waals surface area contributed by atoms with Crippen molar-refractivity contribution >= 4 is 38.6 Å². The highest BCUT2D eigenvalue weighted by Gasteiger charge is 2.31. The van der Waals surface area contributed by atoms with Crippen LogP contribution in [0.1, 0.15) is 20.4 Å². The Labute approximate surface area is 143 Å². The van der Waals surface area contributed by atoms with Crippen molar-refractivity contribution in [3.63, 3.8) is 0 Å². The second-order valence-electron chi connectivity index (χ2n) is 5.31. The largest absolute Gasteiger partial charge is 0.335 e. The SMILES string of the molecule is Cc1ccc(S(=O)(=O)N2CCN(C(=O)c3csc(C)n3)CC2)s1. The summed E-state index contributed by atoms with van der Waals surface area (Å²) >= 11 is 2.71. The molecular formula is C14H17N3O3S3. The first-order valence-electron chi connectivity index (χ1n) is 7.16. The molecule has 2 aromatic rings. The summed E-state index contributed by atoms with van der Waals surface area (Å²) in [5, 5.41) is 2.59. The van der Waals surface area contributed by atoms with Crippen molar-refractivity contribution in [1.29, 1.82) is 0 Å². The van der Waals surface area contributed by atoms with E-state index in [0.29, 0.717) is 36.1 Å². The van der Waals surface area contributed by atoms with Gasteiger partial charge in [0.1, 0.15) is 9.90 Å². The number of thiophene rings is 1. The number of carbonyl (C=O) groups is 1. The van der Waals surface area contributed by atoms with E-state index in [1.807, 2.05) is 19.9 Å². The molecule has 0 atom stereocenters. The fraction of sp³-hybridized carbons (Fsp3) is 0.429. The molecule has 0 N–H and O–H groups in total. The van der Waals surface area contributed by atoms with Gasteiger partial charge >= 0.3 is 0 Å². The molecule has 3 heterocycles. The molecule has 0 spiro atoms. The van der Waals surface area contributed by atoms with Gasteiger partial charge in [-0.05, 0) is 26.0 Å². The molecule has 23 heavy (non-hydrogen) atoms. The van der Waals surface area contributed by atoms with Gasteiger partial charge in [0.05, 0.1) is 5.01 Å². The van der Waals surface area contributed by atoms with Gasteiger partial charge in [0.2, 0.25) is 0 Å². The first-order chi connectivity index (χ1) is 10.9. The Morgan fingerprint density at radius 1 is 1.17 bits per heavy atom. The number of amides is 1. The highest BCUT2D eigenvalue weighted by molar-refractivity contribution is 7.91. The van der Waals surface area contributed by atoms with E-state index in [1.54, 1.807) is 16.3 Å². The zero-order valence-corrected chi connectivity index (χ0v) is 15.3. The van der Waals surface area contributed by atoms with Crippen LogP contribution in [0.4, 0.5) is 0 Å². The summed E-state index contributed by atoms with van der Waals surface area (Å²) < 4.78 is 27.0. The van der Waals surface area contributed by atoms with E-state index in [0.717, 1.165) is 9.88 Å². The molecule has 0 bridgehead atoms. The predicted octanol–water partition coefficient (Wildman–Crippen LogP) is 1.97. The lowest BCUT2D eigenvalue weighted by atomic mass is 10.3. The van der Waals surface area contributed by atoms with Crippen LogP contribution >= 0.6 is 22.7 Å². The van der Waals surface area contributed by atoms with Crippen molar-refractivity contribution in [1.82, 2.24) is 14.2 Å². The third kappa shape index (κ3) is 3.32. The number of piperazine rings is 1. The van der Waals surface area contributed by atoms with Gasteiger partial charge in [-0.2, -0.15) is 4.31 Å². The van der Waals surface area contributed by atoms with Gasteiger partial charge in [-0.15, -0.1) is 22.7 Å². The molecule has 1 fully saturated rings. The lowest BCUT2D eigenvalue weighted by molar-refractivity contribution is 0.0692. The van der Waals surface area contributed by atoms with Crippen molar-refractivity contribution in [2.45, 2.75) is 18.1 Å². The molecule has 0 unspecified atom stereocenters. The van der Waals surface area contributed by atoms with E-state index in [2.05, 4.69) is 4.98 Å². The van der Waals surface area contributed by atoms with Gasteiger partial charge < -0.3 is 4.90 Å². The lowest BCUT2D eigenvalue weighted by Crippen LogP contribution is -2.50. The summed E-state index contributed by atoms with van der Waals surface area (Å²) in [4.78, 5) is 19.2. The number of carbonyl (C=O) groups excluding carboxylic acids is 1. The van der Waals surface area contributed by atoms with Crippen LogP contribution in [0.25, 0.3) is 0 Å². The van der Waals surface area contributed by atoms with Crippen molar-refractivity contribution in [3.8, 4) is 0 Å². The minimum Gasteiger partial charge on any atom is -0.335 e.